The predicted octanol–water partition coefficient (Wildman–Crippen LogP) is 13.6. The van der Waals surface area contributed by atoms with Crippen molar-refractivity contribution in [3.05, 3.63) is 48.6 Å². The summed E-state index contributed by atoms with van der Waals surface area (Å²) >= 11 is 0. The number of unbranched alkanes of at least 4 members (excludes halogenated alkanes) is 20. The molecule has 0 rings (SSSR count). The van der Waals surface area contributed by atoms with E-state index in [1.165, 1.54) is 96.3 Å². The number of hydrogen-bond donors (Lipinski definition) is 3. The largest absolute Gasteiger partial charge is 0.480 e. The van der Waals surface area contributed by atoms with E-state index in [0.29, 0.717) is 32.2 Å². The second-order valence-corrected chi connectivity index (χ2v) is 15.8. The molecule has 0 fully saturated rings. The van der Waals surface area contributed by atoms with Crippen LogP contribution in [0.5, 0.6) is 0 Å². The number of amides is 1. The zero-order valence-corrected chi connectivity index (χ0v) is 36.5. The number of ether oxygens (including phenoxy) is 1. The Balaban J connectivity index is 4.37. The van der Waals surface area contributed by atoms with Gasteiger partial charge in [-0.3, -0.25) is 9.59 Å². The number of aliphatic carboxylic acids is 1. The van der Waals surface area contributed by atoms with E-state index in [1.54, 1.807) is 0 Å². The highest BCUT2D eigenvalue weighted by Crippen LogP contribution is 2.18. The predicted molar refractivity (Wildman–Crippen MR) is 239 cm³/mol. The number of nitrogens with one attached hydrogen (secondary N) is 1. The number of nitrogens with two attached hydrogens (primary N) is 1. The van der Waals surface area contributed by atoms with Crippen molar-refractivity contribution >= 4 is 17.8 Å². The highest BCUT2D eigenvalue weighted by molar-refractivity contribution is 5.83. The van der Waals surface area contributed by atoms with Gasteiger partial charge in [0.2, 0.25) is 5.91 Å². The summed E-state index contributed by atoms with van der Waals surface area (Å²) in [6, 6.07) is -0.865. The van der Waals surface area contributed by atoms with Gasteiger partial charge in [0, 0.05) is 12.8 Å². The Labute approximate surface area is 345 Å². The number of hydrogen-bond acceptors (Lipinski definition) is 5. The molecular weight excluding hydrogens is 697 g/mol. The number of carboxylic acids is 1. The molecule has 0 aliphatic rings. The maximum absolute atomic E-state index is 12.8. The molecule has 7 heteroatoms. The average Bonchev–Trinajstić information content (AvgIpc) is 3.18. The molecule has 0 saturated heterocycles. The van der Waals surface area contributed by atoms with Crippen LogP contribution in [0, 0.1) is 0 Å². The molecule has 0 bridgehead atoms. The summed E-state index contributed by atoms with van der Waals surface area (Å²) in [4.78, 5) is 36.4. The van der Waals surface area contributed by atoms with E-state index in [9.17, 15) is 19.5 Å². The van der Waals surface area contributed by atoms with Crippen LogP contribution in [0.3, 0.4) is 0 Å². The van der Waals surface area contributed by atoms with E-state index in [2.05, 4.69) is 67.8 Å². The molecule has 1 amide bonds. The van der Waals surface area contributed by atoms with Crippen LogP contribution in [0.4, 0.5) is 0 Å². The Bertz CT molecular complexity index is 1020. The van der Waals surface area contributed by atoms with Crippen molar-refractivity contribution in [2.45, 2.75) is 238 Å². The second kappa shape index (κ2) is 43.5. The summed E-state index contributed by atoms with van der Waals surface area (Å²) in [6.45, 7) is 4.84. The van der Waals surface area contributed by atoms with Crippen LogP contribution >= 0.6 is 0 Å². The zero-order valence-electron chi connectivity index (χ0n) is 36.5. The first-order valence-electron chi connectivity index (χ1n) is 23.5. The van der Waals surface area contributed by atoms with Gasteiger partial charge in [0.15, 0.2) is 0 Å². The minimum Gasteiger partial charge on any atom is -0.480 e. The molecule has 2 atom stereocenters. The summed E-state index contributed by atoms with van der Waals surface area (Å²) in [5.74, 6) is -1.28. The maximum Gasteiger partial charge on any atom is 0.326 e. The zero-order chi connectivity index (χ0) is 41.0. The maximum atomic E-state index is 12.8. The van der Waals surface area contributed by atoms with Gasteiger partial charge in [-0.15, -0.1) is 0 Å². The number of rotatable bonds is 42. The Hall–Kier alpha value is -2.67. The monoisotopic (exact) mass is 785 g/mol. The van der Waals surface area contributed by atoms with Gasteiger partial charge in [0.25, 0.3) is 0 Å². The van der Waals surface area contributed by atoms with Crippen molar-refractivity contribution in [3.63, 3.8) is 0 Å². The highest BCUT2D eigenvalue weighted by atomic mass is 16.5. The summed E-state index contributed by atoms with van der Waals surface area (Å²) in [7, 11) is 0. The molecule has 0 saturated carbocycles. The first-order chi connectivity index (χ1) is 27.4. The minimum atomic E-state index is -1.01. The van der Waals surface area contributed by atoms with E-state index in [4.69, 9.17) is 10.5 Å². The Morgan fingerprint density at radius 3 is 1.46 bits per heavy atom. The van der Waals surface area contributed by atoms with E-state index >= 15 is 0 Å². The fourth-order valence-corrected chi connectivity index (χ4v) is 6.91. The highest BCUT2D eigenvalue weighted by Gasteiger charge is 2.19. The first kappa shape index (κ1) is 53.3. The van der Waals surface area contributed by atoms with Gasteiger partial charge >= 0.3 is 11.9 Å². The third kappa shape index (κ3) is 39.6. The fraction of sp³-hybridized carbons (Fsp3) is 0.776. The number of esters is 1. The third-order valence-corrected chi connectivity index (χ3v) is 10.4. The van der Waals surface area contributed by atoms with E-state index < -0.39 is 12.0 Å². The van der Waals surface area contributed by atoms with Crippen LogP contribution in [0.1, 0.15) is 226 Å². The number of allylic oxidation sites excluding steroid dienone is 8. The molecule has 4 N–H and O–H groups in total. The average molecular weight is 785 g/mol. The van der Waals surface area contributed by atoms with Gasteiger partial charge in [-0.25, -0.2) is 4.79 Å². The molecule has 324 valence electrons. The third-order valence-electron chi connectivity index (χ3n) is 10.4. The lowest BCUT2D eigenvalue weighted by molar-refractivity contribution is -0.150. The van der Waals surface area contributed by atoms with Crippen molar-refractivity contribution in [1.82, 2.24) is 5.32 Å². The molecular formula is C49H88N2O5. The van der Waals surface area contributed by atoms with Gasteiger partial charge in [-0.1, -0.05) is 184 Å². The molecule has 0 radical (unpaired) electrons. The summed E-state index contributed by atoms with van der Waals surface area (Å²) in [5, 5.41) is 11.9. The van der Waals surface area contributed by atoms with Gasteiger partial charge in [0.05, 0.1) is 0 Å². The number of carboxylic acid groups (broad SMARTS) is 1. The van der Waals surface area contributed by atoms with Crippen LogP contribution in [0.2, 0.25) is 0 Å². The molecule has 0 aromatic heterocycles. The van der Waals surface area contributed by atoms with Crippen molar-refractivity contribution in [2.24, 2.45) is 5.73 Å². The van der Waals surface area contributed by atoms with E-state index in [-0.39, 0.29) is 18.0 Å². The normalized spacial score (nSPS) is 13.1. The fourth-order valence-electron chi connectivity index (χ4n) is 6.91. The number of carbonyl (C=O) groups is 3. The van der Waals surface area contributed by atoms with Crippen LogP contribution in [0.25, 0.3) is 0 Å². The molecule has 56 heavy (non-hydrogen) atoms. The second-order valence-electron chi connectivity index (χ2n) is 15.8. The Morgan fingerprint density at radius 1 is 0.536 bits per heavy atom. The van der Waals surface area contributed by atoms with Gasteiger partial charge in [-0.05, 0) is 83.6 Å². The Morgan fingerprint density at radius 2 is 0.982 bits per heavy atom. The van der Waals surface area contributed by atoms with Crippen molar-refractivity contribution < 1.29 is 24.2 Å². The van der Waals surface area contributed by atoms with Gasteiger partial charge < -0.3 is 20.9 Å². The van der Waals surface area contributed by atoms with Crippen LogP contribution in [-0.4, -0.2) is 41.6 Å². The molecule has 0 aromatic carbocycles. The Kier molecular flexibility index (Phi) is 41.4. The lowest BCUT2D eigenvalue weighted by Crippen LogP contribution is -2.40. The molecule has 0 spiro atoms. The van der Waals surface area contributed by atoms with E-state index in [1.807, 2.05) is 0 Å². The van der Waals surface area contributed by atoms with Gasteiger partial charge in [-0.2, -0.15) is 0 Å². The molecule has 7 nitrogen and oxygen atoms in total. The smallest absolute Gasteiger partial charge is 0.326 e. The molecule has 0 aromatic rings. The lowest BCUT2D eigenvalue weighted by Gasteiger charge is -2.17. The summed E-state index contributed by atoms with van der Waals surface area (Å²) < 4.78 is 6.02. The van der Waals surface area contributed by atoms with Crippen LogP contribution < -0.4 is 11.1 Å². The lowest BCUT2D eigenvalue weighted by atomic mass is 10.0. The SMILES string of the molecule is CC/C=C\C/C=C\C/C=C\C/C=C\CCC(CCCCCCCC(=O)NC(CCCN)C(=O)O)OC(=O)CCCCCCCCCCCCCCCCCCC. The molecule has 0 aliphatic carbocycles. The van der Waals surface area contributed by atoms with Crippen molar-refractivity contribution in [2.75, 3.05) is 6.54 Å². The van der Waals surface area contributed by atoms with Gasteiger partial charge in [0.1, 0.15) is 12.1 Å². The summed E-state index contributed by atoms with van der Waals surface area (Å²) in [5.41, 5.74) is 5.49. The standard InChI is InChI=1S/C49H88N2O5/c1-3-5-7-9-11-13-15-17-18-19-20-22-24-26-28-33-37-43-48(53)56-45(39-34-30-27-25-23-21-16-14-12-10-8-6-4-2)40-35-31-29-32-36-42-47(52)51-46(49(54)55)41-38-44-50/h6,8,12,14,21,23,27,30,45-46H,3-5,7,9-11,13,15-20,22,24-26,28-29,31-44,50H2,1-2H3,(H,51,52)(H,54,55)/b8-6-,14-12-,23-21-,30-27-. The topological polar surface area (TPSA) is 119 Å². The minimum absolute atomic E-state index is 0.0572. The first-order valence-corrected chi connectivity index (χ1v) is 23.5. The summed E-state index contributed by atoms with van der Waals surface area (Å²) in [6.07, 6.45) is 53.1. The van der Waals surface area contributed by atoms with Crippen LogP contribution in [-0.2, 0) is 19.1 Å². The number of carbonyl (C=O) groups excluding carboxylic acids is 2. The molecule has 0 aliphatic heterocycles. The van der Waals surface area contributed by atoms with Crippen molar-refractivity contribution in [3.8, 4) is 0 Å². The molecule has 2 unspecified atom stereocenters. The molecule has 0 heterocycles. The van der Waals surface area contributed by atoms with Crippen molar-refractivity contribution in [1.29, 1.82) is 0 Å². The van der Waals surface area contributed by atoms with E-state index in [0.717, 1.165) is 89.9 Å². The quantitative estimate of drug-likeness (QED) is 0.0322. The van der Waals surface area contributed by atoms with Crippen LogP contribution in [0.15, 0.2) is 48.6 Å².